The first-order valence-electron chi connectivity index (χ1n) is 10.5. The molecule has 0 spiro atoms. The zero-order chi connectivity index (χ0) is 22.5. The lowest BCUT2D eigenvalue weighted by molar-refractivity contribution is 0.0600. The van der Waals surface area contributed by atoms with Crippen LogP contribution in [0, 0.1) is 13.8 Å². The molecule has 1 aromatic heterocycles. The van der Waals surface area contributed by atoms with Gasteiger partial charge < -0.3 is 9.64 Å². The Morgan fingerprint density at radius 1 is 0.968 bits per heavy atom. The maximum absolute atomic E-state index is 13.5. The third-order valence-electron chi connectivity index (χ3n) is 5.56. The number of likely N-dealkylation sites (N-methyl/N-ethyl adjacent to an activating group) is 1. The summed E-state index contributed by atoms with van der Waals surface area (Å²) < 4.78 is 5.82. The predicted octanol–water partition coefficient (Wildman–Crippen LogP) is 4.69. The van der Waals surface area contributed by atoms with Gasteiger partial charge in [0.2, 0.25) is 0 Å². The van der Waals surface area contributed by atoms with Crippen molar-refractivity contribution in [1.82, 2.24) is 9.88 Å². The minimum atomic E-state index is -0.422. The summed E-state index contributed by atoms with van der Waals surface area (Å²) in [5, 5.41) is 0.689. The molecule has 0 saturated heterocycles. The van der Waals surface area contributed by atoms with Crippen molar-refractivity contribution in [3.63, 3.8) is 0 Å². The molecular formula is C24H29N3O3S. The van der Waals surface area contributed by atoms with E-state index in [1.54, 1.807) is 29.2 Å². The van der Waals surface area contributed by atoms with Gasteiger partial charge in [0.15, 0.2) is 5.13 Å². The van der Waals surface area contributed by atoms with E-state index in [1.165, 1.54) is 29.6 Å². The Morgan fingerprint density at radius 3 is 2.19 bits per heavy atom. The van der Waals surface area contributed by atoms with Crippen LogP contribution in [-0.2, 0) is 4.74 Å². The molecule has 0 unspecified atom stereocenters. The second kappa shape index (κ2) is 10.0. The van der Waals surface area contributed by atoms with E-state index in [1.807, 2.05) is 0 Å². The van der Waals surface area contributed by atoms with Crippen LogP contribution < -0.4 is 4.90 Å². The Bertz CT molecular complexity index is 1030. The topological polar surface area (TPSA) is 62.7 Å². The van der Waals surface area contributed by atoms with Gasteiger partial charge in [-0.1, -0.05) is 25.2 Å². The second-order valence-corrected chi connectivity index (χ2v) is 8.46. The summed E-state index contributed by atoms with van der Waals surface area (Å²) in [7, 11) is 1.34. The number of aryl methyl sites for hydroxylation is 2. The van der Waals surface area contributed by atoms with Crippen molar-refractivity contribution >= 4 is 38.6 Å². The standard InChI is InChI=1S/C24H29N3O3S/c1-6-26(7-2)12-13-27(22(28)18-8-10-19(11-9-18)23(29)30-5)24-25-20-14-16(3)17(4)15-21(20)31-24/h8-11,14-15H,6-7,12-13H2,1-5H3. The van der Waals surface area contributed by atoms with Gasteiger partial charge in [-0.3, -0.25) is 9.69 Å². The van der Waals surface area contributed by atoms with Crippen molar-refractivity contribution in [1.29, 1.82) is 0 Å². The number of esters is 1. The van der Waals surface area contributed by atoms with Crippen LogP contribution in [-0.4, -0.2) is 55.0 Å². The van der Waals surface area contributed by atoms with Crippen LogP contribution in [0.3, 0.4) is 0 Å². The number of fused-ring (bicyclic) bond motifs is 1. The molecule has 0 aliphatic heterocycles. The van der Waals surface area contributed by atoms with Crippen molar-refractivity contribution in [2.45, 2.75) is 27.7 Å². The van der Waals surface area contributed by atoms with Crippen LogP contribution in [0.5, 0.6) is 0 Å². The van der Waals surface area contributed by atoms with Crippen LogP contribution in [0.4, 0.5) is 5.13 Å². The van der Waals surface area contributed by atoms with Crippen LogP contribution >= 0.6 is 11.3 Å². The molecule has 31 heavy (non-hydrogen) atoms. The summed E-state index contributed by atoms with van der Waals surface area (Å²) in [5.41, 5.74) is 4.23. The summed E-state index contributed by atoms with van der Waals surface area (Å²) in [6.07, 6.45) is 0. The maximum Gasteiger partial charge on any atom is 0.337 e. The fourth-order valence-electron chi connectivity index (χ4n) is 3.37. The SMILES string of the molecule is CCN(CC)CCN(C(=O)c1ccc(C(=O)OC)cc1)c1nc2cc(C)c(C)cc2s1. The van der Waals surface area contributed by atoms with Gasteiger partial charge in [0.05, 0.1) is 22.9 Å². The van der Waals surface area contributed by atoms with Gasteiger partial charge >= 0.3 is 5.97 Å². The van der Waals surface area contributed by atoms with Crippen LogP contribution in [0.2, 0.25) is 0 Å². The quantitative estimate of drug-likeness (QED) is 0.477. The molecule has 0 N–H and O–H groups in total. The van der Waals surface area contributed by atoms with Gasteiger partial charge in [0.1, 0.15) is 0 Å². The van der Waals surface area contributed by atoms with Crippen molar-refractivity contribution in [3.8, 4) is 0 Å². The van der Waals surface area contributed by atoms with E-state index < -0.39 is 5.97 Å². The number of carbonyl (C=O) groups is 2. The summed E-state index contributed by atoms with van der Waals surface area (Å²) in [5.74, 6) is -0.551. The molecular weight excluding hydrogens is 410 g/mol. The largest absolute Gasteiger partial charge is 0.465 e. The Labute approximate surface area is 187 Å². The summed E-state index contributed by atoms with van der Waals surface area (Å²) in [6, 6.07) is 10.8. The third-order valence-corrected chi connectivity index (χ3v) is 6.60. The molecule has 0 saturated carbocycles. The number of amides is 1. The molecule has 2 aromatic carbocycles. The highest BCUT2D eigenvalue weighted by Gasteiger charge is 2.22. The summed E-state index contributed by atoms with van der Waals surface area (Å²) in [6.45, 7) is 11.5. The molecule has 0 fully saturated rings. The lowest BCUT2D eigenvalue weighted by Crippen LogP contribution is -2.38. The summed E-state index contributed by atoms with van der Waals surface area (Å²) >= 11 is 1.53. The van der Waals surface area contributed by atoms with E-state index in [9.17, 15) is 9.59 Å². The van der Waals surface area contributed by atoms with Gasteiger partial charge in [0.25, 0.3) is 5.91 Å². The monoisotopic (exact) mass is 439 g/mol. The normalized spacial score (nSPS) is 11.2. The maximum atomic E-state index is 13.5. The zero-order valence-electron chi connectivity index (χ0n) is 18.8. The number of benzene rings is 2. The van der Waals surface area contributed by atoms with Crippen LogP contribution in [0.15, 0.2) is 36.4 Å². The number of methoxy groups -OCH3 is 1. The molecule has 0 atom stereocenters. The fraction of sp³-hybridized carbons (Fsp3) is 0.375. The average Bonchev–Trinajstić information content (AvgIpc) is 3.18. The molecule has 3 rings (SSSR count). The first kappa shape index (κ1) is 22.9. The van der Waals surface area contributed by atoms with Crippen LogP contribution in [0.1, 0.15) is 45.7 Å². The van der Waals surface area contributed by atoms with Crippen molar-refractivity contribution in [2.24, 2.45) is 0 Å². The fourth-order valence-corrected chi connectivity index (χ4v) is 4.44. The van der Waals surface area contributed by atoms with Gasteiger partial charge in [-0.15, -0.1) is 0 Å². The highest BCUT2D eigenvalue weighted by atomic mass is 32.1. The number of hydrogen-bond acceptors (Lipinski definition) is 6. The molecule has 164 valence electrons. The predicted molar refractivity (Wildman–Crippen MR) is 126 cm³/mol. The van der Waals surface area contributed by atoms with E-state index in [2.05, 4.69) is 44.7 Å². The number of anilines is 1. The number of nitrogens with zero attached hydrogens (tertiary/aromatic N) is 3. The van der Waals surface area contributed by atoms with Gasteiger partial charge in [-0.05, 0) is 74.5 Å². The van der Waals surface area contributed by atoms with Crippen LogP contribution in [0.25, 0.3) is 10.2 Å². The summed E-state index contributed by atoms with van der Waals surface area (Å²) in [4.78, 5) is 34.0. The molecule has 1 heterocycles. The smallest absolute Gasteiger partial charge is 0.337 e. The molecule has 0 radical (unpaired) electrons. The molecule has 0 aliphatic carbocycles. The van der Waals surface area contributed by atoms with Gasteiger partial charge in [-0.25, -0.2) is 9.78 Å². The van der Waals surface area contributed by atoms with E-state index in [0.717, 1.165) is 29.9 Å². The minimum absolute atomic E-state index is 0.129. The van der Waals surface area contributed by atoms with Crippen molar-refractivity contribution in [2.75, 3.05) is 38.2 Å². The number of rotatable bonds is 8. The third kappa shape index (κ3) is 5.11. The minimum Gasteiger partial charge on any atom is -0.465 e. The number of aromatic nitrogens is 1. The van der Waals surface area contributed by atoms with Crippen molar-refractivity contribution in [3.05, 3.63) is 58.7 Å². The number of ether oxygens (including phenoxy) is 1. The molecule has 6 nitrogen and oxygen atoms in total. The zero-order valence-corrected chi connectivity index (χ0v) is 19.6. The van der Waals surface area contributed by atoms with Gasteiger partial charge in [-0.2, -0.15) is 0 Å². The Kier molecular flexibility index (Phi) is 7.41. The molecule has 1 amide bonds. The lowest BCUT2D eigenvalue weighted by atomic mass is 10.1. The van der Waals surface area contributed by atoms with E-state index in [-0.39, 0.29) is 5.91 Å². The van der Waals surface area contributed by atoms with E-state index in [0.29, 0.717) is 22.8 Å². The first-order chi connectivity index (χ1) is 14.9. The van der Waals surface area contributed by atoms with E-state index in [4.69, 9.17) is 9.72 Å². The number of hydrogen-bond donors (Lipinski definition) is 0. The Morgan fingerprint density at radius 2 is 1.58 bits per heavy atom. The average molecular weight is 440 g/mol. The molecule has 0 bridgehead atoms. The first-order valence-corrected chi connectivity index (χ1v) is 11.3. The molecule has 3 aromatic rings. The van der Waals surface area contributed by atoms with Crippen molar-refractivity contribution < 1.29 is 14.3 Å². The number of thiazole rings is 1. The van der Waals surface area contributed by atoms with Gasteiger partial charge in [0, 0.05) is 18.7 Å². The highest BCUT2D eigenvalue weighted by molar-refractivity contribution is 7.22. The Balaban J connectivity index is 1.95. The van der Waals surface area contributed by atoms with E-state index >= 15 is 0 Å². The Hall–Kier alpha value is -2.77. The molecule has 0 aliphatic rings. The second-order valence-electron chi connectivity index (χ2n) is 7.45. The molecule has 7 heteroatoms. The number of carbonyl (C=O) groups excluding carboxylic acids is 2. The lowest BCUT2D eigenvalue weighted by Gasteiger charge is -2.24. The highest BCUT2D eigenvalue weighted by Crippen LogP contribution is 2.31.